The number of benzene rings is 1. The maximum atomic E-state index is 13.4. The molecule has 1 atom stereocenters. The number of hydrogen-bond donors (Lipinski definition) is 1. The van der Waals surface area contributed by atoms with Gasteiger partial charge in [0.25, 0.3) is 0 Å². The zero-order valence-electron chi connectivity index (χ0n) is 10.6. The Balaban J connectivity index is 2.00. The van der Waals surface area contributed by atoms with Gasteiger partial charge in [-0.3, -0.25) is 4.98 Å². The number of pyridine rings is 1. The lowest BCUT2D eigenvalue weighted by Crippen LogP contribution is -2.40. The molecular weight excluding hydrogens is 241 g/mol. The topological polar surface area (TPSA) is 33.1 Å². The summed E-state index contributed by atoms with van der Waals surface area (Å²) in [6, 6.07) is 12.1. The monoisotopic (exact) mass is 257 g/mol. The summed E-state index contributed by atoms with van der Waals surface area (Å²) in [7, 11) is 0. The van der Waals surface area contributed by atoms with Gasteiger partial charge in [0.05, 0.1) is 5.69 Å². The van der Waals surface area contributed by atoms with Crippen molar-refractivity contribution >= 4 is 0 Å². The van der Waals surface area contributed by atoms with Gasteiger partial charge in [0.2, 0.25) is 0 Å². The van der Waals surface area contributed by atoms with Gasteiger partial charge in [-0.15, -0.1) is 0 Å². The lowest BCUT2D eigenvalue weighted by Gasteiger charge is -2.45. The summed E-state index contributed by atoms with van der Waals surface area (Å²) < 4.78 is 13.4. The number of aromatic nitrogens is 1. The summed E-state index contributed by atoms with van der Waals surface area (Å²) in [4.78, 5) is 4.23. The van der Waals surface area contributed by atoms with Gasteiger partial charge in [-0.1, -0.05) is 24.6 Å². The minimum Gasteiger partial charge on any atom is -0.386 e. The van der Waals surface area contributed by atoms with Gasteiger partial charge < -0.3 is 5.11 Å². The lowest BCUT2D eigenvalue weighted by molar-refractivity contribution is 0.0236. The zero-order chi connectivity index (χ0) is 13.3. The molecule has 1 fully saturated rings. The van der Waals surface area contributed by atoms with Crippen LogP contribution in [0.4, 0.5) is 4.39 Å². The second-order valence-corrected chi connectivity index (χ2v) is 5.18. The summed E-state index contributed by atoms with van der Waals surface area (Å²) >= 11 is 0. The largest absolute Gasteiger partial charge is 0.386 e. The highest BCUT2D eigenvalue weighted by atomic mass is 19.1. The second kappa shape index (κ2) is 4.74. The van der Waals surface area contributed by atoms with Crippen LogP contribution in [0, 0.1) is 5.82 Å². The summed E-state index contributed by atoms with van der Waals surface area (Å²) in [5.41, 5.74) is 1.15. The summed E-state index contributed by atoms with van der Waals surface area (Å²) in [5.74, 6) is -0.253. The van der Waals surface area contributed by atoms with Crippen molar-refractivity contribution in [3.05, 3.63) is 65.7 Å². The number of nitrogens with zero attached hydrogens (tertiary/aromatic N) is 1. The molecule has 2 nitrogen and oxygen atoms in total. The molecule has 1 aromatic heterocycles. The fourth-order valence-electron chi connectivity index (χ4n) is 2.90. The molecule has 19 heavy (non-hydrogen) atoms. The van der Waals surface area contributed by atoms with E-state index < -0.39 is 6.10 Å². The van der Waals surface area contributed by atoms with Gasteiger partial charge >= 0.3 is 0 Å². The van der Waals surface area contributed by atoms with Crippen LogP contribution in [0.5, 0.6) is 0 Å². The van der Waals surface area contributed by atoms with Crippen LogP contribution in [0.2, 0.25) is 0 Å². The SMILES string of the molecule is OC(c1ccccn1)C1(c2cccc(F)c2)CCC1. The van der Waals surface area contributed by atoms with E-state index in [4.69, 9.17) is 0 Å². The fourth-order valence-corrected chi connectivity index (χ4v) is 2.90. The molecule has 1 N–H and O–H groups in total. The van der Waals surface area contributed by atoms with Crippen LogP contribution >= 0.6 is 0 Å². The third-order valence-corrected chi connectivity index (χ3v) is 4.14. The third kappa shape index (κ3) is 2.04. The van der Waals surface area contributed by atoms with E-state index >= 15 is 0 Å². The Morgan fingerprint density at radius 2 is 2.00 bits per heavy atom. The number of aliphatic hydroxyl groups is 1. The van der Waals surface area contributed by atoms with Crippen LogP contribution < -0.4 is 0 Å². The molecule has 1 aromatic carbocycles. The predicted octanol–water partition coefficient (Wildman–Crippen LogP) is 3.38. The van der Waals surface area contributed by atoms with Gasteiger partial charge in [-0.05, 0) is 42.7 Å². The van der Waals surface area contributed by atoms with Crippen LogP contribution in [0.3, 0.4) is 0 Å². The molecule has 0 amide bonds. The molecule has 3 rings (SSSR count). The zero-order valence-corrected chi connectivity index (χ0v) is 10.6. The highest BCUT2D eigenvalue weighted by Gasteiger charge is 2.46. The van der Waals surface area contributed by atoms with Crippen molar-refractivity contribution in [1.82, 2.24) is 4.98 Å². The van der Waals surface area contributed by atoms with E-state index in [1.165, 1.54) is 12.1 Å². The van der Waals surface area contributed by atoms with Gasteiger partial charge in [0, 0.05) is 11.6 Å². The molecule has 1 unspecified atom stereocenters. The molecule has 3 heteroatoms. The Labute approximate surface area is 111 Å². The molecule has 0 radical (unpaired) electrons. The minimum atomic E-state index is -0.677. The second-order valence-electron chi connectivity index (χ2n) is 5.18. The van der Waals surface area contributed by atoms with E-state index in [0.717, 1.165) is 24.8 Å². The molecular formula is C16H16FNO. The molecule has 1 saturated carbocycles. The van der Waals surface area contributed by atoms with Gasteiger partial charge in [0.15, 0.2) is 0 Å². The van der Waals surface area contributed by atoms with Crippen molar-refractivity contribution in [2.75, 3.05) is 0 Å². The Morgan fingerprint density at radius 1 is 1.16 bits per heavy atom. The van der Waals surface area contributed by atoms with Crippen molar-refractivity contribution in [2.24, 2.45) is 0 Å². The van der Waals surface area contributed by atoms with E-state index in [0.29, 0.717) is 5.69 Å². The molecule has 0 saturated heterocycles. The average Bonchev–Trinajstić information content (AvgIpc) is 2.38. The molecule has 1 heterocycles. The first-order chi connectivity index (χ1) is 9.22. The Kier molecular flexibility index (Phi) is 3.07. The van der Waals surface area contributed by atoms with Crippen molar-refractivity contribution in [2.45, 2.75) is 30.8 Å². The van der Waals surface area contributed by atoms with Crippen LogP contribution in [-0.4, -0.2) is 10.1 Å². The summed E-state index contributed by atoms with van der Waals surface area (Å²) in [5, 5.41) is 10.7. The lowest BCUT2D eigenvalue weighted by atomic mass is 9.60. The Hall–Kier alpha value is -1.74. The summed E-state index contributed by atoms with van der Waals surface area (Å²) in [6.45, 7) is 0. The molecule has 1 aliphatic carbocycles. The smallest absolute Gasteiger partial charge is 0.123 e. The number of hydrogen-bond acceptors (Lipinski definition) is 2. The van der Waals surface area contributed by atoms with Crippen molar-refractivity contribution < 1.29 is 9.50 Å². The Bertz CT molecular complexity index is 566. The van der Waals surface area contributed by atoms with E-state index in [2.05, 4.69) is 4.98 Å². The first-order valence-electron chi connectivity index (χ1n) is 6.57. The molecule has 1 aliphatic rings. The van der Waals surface area contributed by atoms with Crippen molar-refractivity contribution in [3.63, 3.8) is 0 Å². The van der Waals surface area contributed by atoms with Crippen molar-refractivity contribution in [3.8, 4) is 0 Å². The molecule has 0 spiro atoms. The molecule has 0 aliphatic heterocycles. The third-order valence-electron chi connectivity index (χ3n) is 4.14. The average molecular weight is 257 g/mol. The normalized spacial score (nSPS) is 18.6. The van der Waals surface area contributed by atoms with Gasteiger partial charge in [0.1, 0.15) is 11.9 Å². The molecule has 98 valence electrons. The quantitative estimate of drug-likeness (QED) is 0.914. The Morgan fingerprint density at radius 3 is 2.58 bits per heavy atom. The predicted molar refractivity (Wildman–Crippen MR) is 71.1 cm³/mol. The number of halogens is 1. The highest BCUT2D eigenvalue weighted by molar-refractivity contribution is 5.32. The van der Waals surface area contributed by atoms with E-state index in [1.54, 1.807) is 12.3 Å². The van der Waals surface area contributed by atoms with Gasteiger partial charge in [-0.2, -0.15) is 0 Å². The molecule has 2 aromatic rings. The van der Waals surface area contributed by atoms with Crippen molar-refractivity contribution in [1.29, 1.82) is 0 Å². The standard InChI is InChI=1S/C16H16FNO/c17-13-6-3-5-12(11-13)16(8-4-9-16)15(19)14-7-1-2-10-18-14/h1-3,5-7,10-11,15,19H,4,8-9H2. The first kappa shape index (κ1) is 12.3. The molecule has 0 bridgehead atoms. The van der Waals surface area contributed by atoms with E-state index in [-0.39, 0.29) is 11.2 Å². The van der Waals surface area contributed by atoms with Crippen LogP contribution in [0.15, 0.2) is 48.7 Å². The van der Waals surface area contributed by atoms with Crippen LogP contribution in [0.1, 0.15) is 36.6 Å². The number of rotatable bonds is 3. The van der Waals surface area contributed by atoms with Crippen LogP contribution in [-0.2, 0) is 5.41 Å². The maximum absolute atomic E-state index is 13.4. The maximum Gasteiger partial charge on any atom is 0.123 e. The van der Waals surface area contributed by atoms with Gasteiger partial charge in [-0.25, -0.2) is 4.39 Å². The highest BCUT2D eigenvalue weighted by Crippen LogP contribution is 2.51. The van der Waals surface area contributed by atoms with Crippen LogP contribution in [0.25, 0.3) is 0 Å². The van der Waals surface area contributed by atoms with E-state index in [1.807, 2.05) is 24.3 Å². The minimum absolute atomic E-state index is 0.253. The first-order valence-corrected chi connectivity index (χ1v) is 6.57. The fraction of sp³-hybridized carbons (Fsp3) is 0.312. The number of aliphatic hydroxyl groups excluding tert-OH is 1. The van der Waals surface area contributed by atoms with E-state index in [9.17, 15) is 9.50 Å². The summed E-state index contributed by atoms with van der Waals surface area (Å²) in [6.07, 6.45) is 3.79.